The Labute approximate surface area is 90.3 Å². The van der Waals surface area contributed by atoms with Crippen LogP contribution in [0.1, 0.15) is 0 Å². The van der Waals surface area contributed by atoms with Crippen LogP contribution in [0.4, 0.5) is 5.82 Å². The normalized spacial score (nSPS) is 10.0. The van der Waals surface area contributed by atoms with E-state index in [9.17, 15) is 0 Å². The summed E-state index contributed by atoms with van der Waals surface area (Å²) in [6, 6.07) is 3.54. The van der Waals surface area contributed by atoms with Gasteiger partial charge in [-0.05, 0) is 0 Å². The van der Waals surface area contributed by atoms with E-state index in [2.05, 4.69) is 33.7 Å². The van der Waals surface area contributed by atoms with E-state index in [-0.39, 0.29) is 0 Å². The summed E-state index contributed by atoms with van der Waals surface area (Å²) in [5, 5.41) is 21.8. The van der Waals surface area contributed by atoms with Crippen molar-refractivity contribution in [1.82, 2.24) is 30.8 Å². The van der Waals surface area contributed by atoms with Gasteiger partial charge in [0.05, 0.1) is 0 Å². The first-order valence-electron chi connectivity index (χ1n) is 3.78. The number of aromatic nitrogens is 6. The van der Waals surface area contributed by atoms with E-state index in [1.807, 2.05) is 6.07 Å². The minimum absolute atomic E-state index is 0.611. The molecule has 66 valence electrons. The molecular weight excluding hydrogens is 285 g/mol. The van der Waals surface area contributed by atoms with Crippen LogP contribution in [0, 0.1) is 0 Å². The van der Waals surface area contributed by atoms with Crippen molar-refractivity contribution >= 4 is 32.0 Å². The van der Waals surface area contributed by atoms with Crippen molar-refractivity contribution in [2.75, 3.05) is 0 Å². The summed E-state index contributed by atoms with van der Waals surface area (Å²) in [7, 11) is 0. The first-order chi connectivity index (χ1) is 6.95. The van der Waals surface area contributed by atoms with E-state index in [1.54, 1.807) is 18.5 Å². The quantitative estimate of drug-likeness (QED) is 0.697. The Morgan fingerprint density at radius 3 is 2.43 bits per heavy atom. The van der Waals surface area contributed by atoms with Crippen molar-refractivity contribution in [2.45, 2.75) is 0 Å². The summed E-state index contributed by atoms with van der Waals surface area (Å²) in [5.41, 5.74) is 0. The summed E-state index contributed by atoms with van der Waals surface area (Å²) >= 11 is -1.28. The van der Waals surface area contributed by atoms with Crippen LogP contribution in [0.25, 0.3) is 0 Å². The van der Waals surface area contributed by atoms with Gasteiger partial charge in [-0.3, -0.25) is 0 Å². The molecule has 0 N–H and O–H groups in total. The molecule has 14 heavy (non-hydrogen) atoms. The van der Waals surface area contributed by atoms with E-state index < -0.39 is 22.7 Å². The second-order valence-electron chi connectivity index (χ2n) is 2.28. The van der Waals surface area contributed by atoms with Crippen molar-refractivity contribution in [3.63, 3.8) is 0 Å². The predicted molar refractivity (Wildman–Crippen MR) is 47.1 cm³/mol. The first-order valence-corrected chi connectivity index (χ1v) is 6.90. The minimum atomic E-state index is -1.28. The topological polar surface area (TPSA) is 89.7 Å². The number of rotatable bonds is 2. The molecule has 0 spiro atoms. The summed E-state index contributed by atoms with van der Waals surface area (Å²) < 4.78 is 5.25. The van der Waals surface area contributed by atoms with Gasteiger partial charge in [-0.15, -0.1) is 0 Å². The molecule has 0 aliphatic rings. The Hall–Kier alpha value is -1.31. The second kappa shape index (κ2) is 4.80. The second-order valence-corrected chi connectivity index (χ2v) is 5.44. The van der Waals surface area contributed by atoms with Gasteiger partial charge in [0.15, 0.2) is 0 Å². The number of hydrogen-bond acceptors (Lipinski definition) is 7. The third-order valence-corrected chi connectivity index (χ3v) is 4.10. The number of nitrogens with zero attached hydrogens (tertiary/aromatic N) is 7. The third-order valence-electron chi connectivity index (χ3n) is 1.34. The molecule has 2 heterocycles. The van der Waals surface area contributed by atoms with Gasteiger partial charge >= 0.3 is 90.3 Å². The van der Waals surface area contributed by atoms with Crippen LogP contribution in [0.5, 0.6) is 0 Å². The molecule has 0 unspecified atom stereocenters. The van der Waals surface area contributed by atoms with Crippen molar-refractivity contribution in [1.29, 1.82) is 0 Å². The molecule has 0 bridgehead atoms. The Morgan fingerprint density at radius 1 is 1.00 bits per heavy atom. The van der Waals surface area contributed by atoms with Crippen molar-refractivity contribution < 1.29 is 0 Å². The molecular formula is C6H4InN7. The van der Waals surface area contributed by atoms with Gasteiger partial charge < -0.3 is 0 Å². The molecule has 0 radical (unpaired) electrons. The molecule has 0 aliphatic carbocycles. The molecule has 0 saturated heterocycles. The summed E-state index contributed by atoms with van der Waals surface area (Å²) in [6.07, 6.45) is 3.18. The van der Waals surface area contributed by atoms with Gasteiger partial charge in [0.2, 0.25) is 0 Å². The van der Waals surface area contributed by atoms with Gasteiger partial charge in [0.25, 0.3) is 0 Å². The van der Waals surface area contributed by atoms with Crippen LogP contribution in [-0.4, -0.2) is 53.6 Å². The monoisotopic (exact) mass is 289 g/mol. The zero-order chi connectivity index (χ0) is 9.64. The summed E-state index contributed by atoms with van der Waals surface area (Å²) in [6.45, 7) is 0. The zero-order valence-corrected chi connectivity index (χ0v) is 10.3. The molecule has 2 rings (SSSR count). The van der Waals surface area contributed by atoms with Crippen molar-refractivity contribution in [3.05, 3.63) is 24.5 Å². The molecule has 8 heteroatoms. The van der Waals surface area contributed by atoms with Crippen molar-refractivity contribution in [2.24, 2.45) is 2.92 Å². The van der Waals surface area contributed by atoms with E-state index >= 15 is 0 Å². The van der Waals surface area contributed by atoms with Gasteiger partial charge in [-0.1, -0.05) is 0 Å². The molecule has 7 nitrogen and oxygen atoms in total. The standard InChI is InChI=1S/C3H2N4.C3H2N3.In/c4-3-1-2-5-7-6-3;1-2-4-6-5-3-1;/h1-2H;1-2H;. The average Bonchev–Trinajstić information content (AvgIpc) is 2.29. The molecule has 0 amide bonds. The van der Waals surface area contributed by atoms with Crippen LogP contribution < -0.4 is 3.45 Å². The SMILES string of the molecule is c1cc([N]=[In][c]2ccnnn2)nnn1. The van der Waals surface area contributed by atoms with Crippen LogP contribution in [0.3, 0.4) is 0 Å². The van der Waals surface area contributed by atoms with Crippen LogP contribution in [0.15, 0.2) is 27.4 Å². The van der Waals surface area contributed by atoms with E-state index in [1.165, 1.54) is 0 Å². The molecule has 0 atom stereocenters. The molecule has 2 aromatic heterocycles. The van der Waals surface area contributed by atoms with E-state index in [4.69, 9.17) is 0 Å². The maximum absolute atomic E-state index is 4.32. The fraction of sp³-hybridized carbons (Fsp3) is 0. The van der Waals surface area contributed by atoms with E-state index in [0.29, 0.717) is 5.82 Å². The fourth-order valence-corrected chi connectivity index (χ4v) is 2.69. The first kappa shape index (κ1) is 9.25. The van der Waals surface area contributed by atoms with Gasteiger partial charge in [0, 0.05) is 0 Å². The van der Waals surface area contributed by atoms with Crippen molar-refractivity contribution in [3.8, 4) is 0 Å². The van der Waals surface area contributed by atoms with E-state index in [0.717, 1.165) is 3.45 Å². The zero-order valence-electron chi connectivity index (χ0n) is 7.02. The summed E-state index contributed by atoms with van der Waals surface area (Å²) in [5.74, 6) is 0.611. The maximum atomic E-state index is 4.32. The average molecular weight is 289 g/mol. The van der Waals surface area contributed by atoms with Gasteiger partial charge in [0.1, 0.15) is 0 Å². The molecule has 0 aromatic carbocycles. The fourth-order valence-electron chi connectivity index (χ4n) is 0.755. The molecule has 0 fully saturated rings. The Balaban J connectivity index is 2.16. The van der Waals surface area contributed by atoms with Gasteiger partial charge in [-0.25, -0.2) is 0 Å². The van der Waals surface area contributed by atoms with Crippen LogP contribution in [-0.2, 0) is 0 Å². The van der Waals surface area contributed by atoms with Crippen LogP contribution >= 0.6 is 0 Å². The Kier molecular flexibility index (Phi) is 3.17. The Bertz CT molecular complexity index is 375. The van der Waals surface area contributed by atoms with Crippen LogP contribution in [0.2, 0.25) is 0 Å². The Morgan fingerprint density at radius 2 is 1.79 bits per heavy atom. The number of hydrogen-bond donors (Lipinski definition) is 0. The molecule has 0 aliphatic heterocycles. The third kappa shape index (κ3) is 2.59. The predicted octanol–water partition coefficient (Wildman–Crippen LogP) is -1.10. The van der Waals surface area contributed by atoms with Gasteiger partial charge in [-0.2, -0.15) is 0 Å². The summed E-state index contributed by atoms with van der Waals surface area (Å²) in [4.78, 5) is 0. The molecule has 2 aromatic rings. The molecule has 0 saturated carbocycles.